The zero-order valence-electron chi connectivity index (χ0n) is 8.77. The molecule has 1 atom stereocenters. The van der Waals surface area contributed by atoms with Gasteiger partial charge in [0.15, 0.2) is 0 Å². The normalized spacial score (nSPS) is 20.5. The largest absolute Gasteiger partial charge is 0.338 e. The molecule has 1 aliphatic heterocycles. The summed E-state index contributed by atoms with van der Waals surface area (Å²) in [5.74, 6) is 1.40. The van der Waals surface area contributed by atoms with Crippen LogP contribution in [0.15, 0.2) is 22.9 Å². The molecule has 1 fully saturated rings. The summed E-state index contributed by atoms with van der Waals surface area (Å²) in [7, 11) is 0. The van der Waals surface area contributed by atoms with Crippen molar-refractivity contribution in [1.82, 2.24) is 9.88 Å². The lowest BCUT2D eigenvalue weighted by molar-refractivity contribution is -0.128. The predicted molar refractivity (Wildman–Crippen MR) is 69.3 cm³/mol. The molecule has 0 saturated carbocycles. The van der Waals surface area contributed by atoms with Gasteiger partial charge in [-0.1, -0.05) is 6.07 Å². The van der Waals surface area contributed by atoms with Gasteiger partial charge >= 0.3 is 0 Å². The molecule has 1 aliphatic rings. The average molecular weight is 301 g/mol. The highest BCUT2D eigenvalue weighted by atomic mass is 79.9. The van der Waals surface area contributed by atoms with E-state index >= 15 is 0 Å². The van der Waals surface area contributed by atoms with Gasteiger partial charge in [0.2, 0.25) is 5.91 Å². The highest BCUT2D eigenvalue weighted by Crippen LogP contribution is 2.21. The summed E-state index contributed by atoms with van der Waals surface area (Å²) in [4.78, 5) is 17.7. The summed E-state index contributed by atoms with van der Waals surface area (Å²) >= 11 is 7.53. The van der Waals surface area contributed by atoms with E-state index in [-0.39, 0.29) is 5.91 Å². The third-order valence-electron chi connectivity index (χ3n) is 2.71. The molecule has 5 heteroatoms. The molecule has 1 aromatic rings. The van der Waals surface area contributed by atoms with Crippen LogP contribution in [0.2, 0.25) is 0 Å². The topological polar surface area (TPSA) is 33.2 Å². The van der Waals surface area contributed by atoms with E-state index in [2.05, 4.69) is 33.5 Å². The minimum absolute atomic E-state index is 0.224. The quantitative estimate of drug-likeness (QED) is 0.685. The number of carbonyl (C=O) groups is 1. The first kappa shape index (κ1) is 11.9. The van der Waals surface area contributed by atoms with Gasteiger partial charge in [0.05, 0.1) is 0 Å². The number of pyridine rings is 1. The van der Waals surface area contributed by atoms with Crippen LogP contribution >= 0.6 is 28.6 Å². The molecule has 1 amide bonds. The number of hydrogen-bond donors (Lipinski definition) is 1. The maximum atomic E-state index is 11.7. The summed E-state index contributed by atoms with van der Waals surface area (Å²) in [5.41, 5.74) is 1.07. The van der Waals surface area contributed by atoms with Crippen LogP contribution < -0.4 is 0 Å². The molecule has 2 rings (SSSR count). The van der Waals surface area contributed by atoms with E-state index in [1.54, 1.807) is 6.20 Å². The molecule has 2 heterocycles. The van der Waals surface area contributed by atoms with Crippen molar-refractivity contribution in [3.05, 3.63) is 28.5 Å². The molecule has 3 nitrogen and oxygen atoms in total. The maximum Gasteiger partial charge on any atom is 0.223 e. The van der Waals surface area contributed by atoms with Crippen molar-refractivity contribution in [2.45, 2.75) is 13.0 Å². The Hall–Kier alpha value is -0.550. The van der Waals surface area contributed by atoms with Crippen LogP contribution in [0, 0.1) is 5.92 Å². The molecule has 86 valence electrons. The van der Waals surface area contributed by atoms with Crippen LogP contribution in [0.3, 0.4) is 0 Å². The zero-order chi connectivity index (χ0) is 11.5. The Morgan fingerprint density at radius 1 is 1.56 bits per heavy atom. The van der Waals surface area contributed by atoms with Crippen LogP contribution in [0.4, 0.5) is 0 Å². The third-order valence-corrected chi connectivity index (χ3v) is 3.70. The number of carbonyl (C=O) groups excluding carboxylic acids is 1. The van der Waals surface area contributed by atoms with Crippen LogP contribution in [0.25, 0.3) is 0 Å². The van der Waals surface area contributed by atoms with Gasteiger partial charge in [-0.3, -0.25) is 4.79 Å². The maximum absolute atomic E-state index is 11.7. The Balaban J connectivity index is 2.00. The van der Waals surface area contributed by atoms with Crippen LogP contribution in [-0.4, -0.2) is 28.1 Å². The molecule has 1 aromatic heterocycles. The van der Waals surface area contributed by atoms with Crippen molar-refractivity contribution >= 4 is 34.5 Å². The van der Waals surface area contributed by atoms with E-state index in [1.807, 2.05) is 17.0 Å². The number of thiol groups is 1. The van der Waals surface area contributed by atoms with Crippen molar-refractivity contribution < 1.29 is 4.79 Å². The van der Waals surface area contributed by atoms with Crippen molar-refractivity contribution in [2.75, 3.05) is 12.3 Å². The lowest BCUT2D eigenvalue weighted by Crippen LogP contribution is -2.24. The molecule has 0 aromatic carbocycles. The number of nitrogens with zero attached hydrogens (tertiary/aromatic N) is 2. The first-order valence-electron chi connectivity index (χ1n) is 5.18. The van der Waals surface area contributed by atoms with E-state index < -0.39 is 0 Å². The second kappa shape index (κ2) is 5.19. The lowest BCUT2D eigenvalue weighted by Gasteiger charge is -2.16. The van der Waals surface area contributed by atoms with E-state index in [0.29, 0.717) is 18.9 Å². The highest BCUT2D eigenvalue weighted by Gasteiger charge is 2.28. The van der Waals surface area contributed by atoms with Gasteiger partial charge in [-0.15, -0.1) is 0 Å². The van der Waals surface area contributed by atoms with E-state index in [0.717, 1.165) is 22.5 Å². The SMILES string of the molecule is O=C1CC(CS)CN1Cc1ccc(Br)nc1. The second-order valence-corrected chi connectivity index (χ2v) is 5.19. The van der Waals surface area contributed by atoms with E-state index in [1.165, 1.54) is 0 Å². The number of hydrogen-bond acceptors (Lipinski definition) is 3. The fraction of sp³-hybridized carbons (Fsp3) is 0.455. The standard InChI is InChI=1S/C11H13BrN2OS/c12-10-2-1-8(4-13-10)5-14-6-9(7-16)3-11(14)15/h1-2,4,9,16H,3,5-7H2. The molecule has 0 bridgehead atoms. The monoisotopic (exact) mass is 300 g/mol. The number of amides is 1. The minimum atomic E-state index is 0.224. The smallest absolute Gasteiger partial charge is 0.223 e. The van der Waals surface area contributed by atoms with Gasteiger partial charge in [0.25, 0.3) is 0 Å². The Morgan fingerprint density at radius 2 is 2.38 bits per heavy atom. The van der Waals surface area contributed by atoms with Crippen molar-refractivity contribution in [2.24, 2.45) is 5.92 Å². The van der Waals surface area contributed by atoms with Gasteiger partial charge in [-0.2, -0.15) is 12.6 Å². The van der Waals surface area contributed by atoms with Gasteiger partial charge < -0.3 is 4.90 Å². The summed E-state index contributed by atoms with van der Waals surface area (Å²) in [6.07, 6.45) is 2.43. The molecule has 1 saturated heterocycles. The summed E-state index contributed by atoms with van der Waals surface area (Å²) in [6.45, 7) is 1.47. The summed E-state index contributed by atoms with van der Waals surface area (Å²) < 4.78 is 0.817. The Morgan fingerprint density at radius 3 is 2.94 bits per heavy atom. The lowest BCUT2D eigenvalue weighted by atomic mass is 10.1. The number of aromatic nitrogens is 1. The number of rotatable bonds is 3. The average Bonchev–Trinajstić information content (AvgIpc) is 2.63. The molecule has 0 N–H and O–H groups in total. The van der Waals surface area contributed by atoms with Gasteiger partial charge in [0.1, 0.15) is 4.60 Å². The van der Waals surface area contributed by atoms with Crippen LogP contribution in [0.1, 0.15) is 12.0 Å². The highest BCUT2D eigenvalue weighted by molar-refractivity contribution is 9.10. The Bertz CT molecular complexity index is 382. The zero-order valence-corrected chi connectivity index (χ0v) is 11.2. The third kappa shape index (κ3) is 2.77. The van der Waals surface area contributed by atoms with Crippen molar-refractivity contribution in [3.63, 3.8) is 0 Å². The van der Waals surface area contributed by atoms with Crippen LogP contribution in [0.5, 0.6) is 0 Å². The molecule has 0 spiro atoms. The van der Waals surface area contributed by atoms with E-state index in [4.69, 9.17) is 0 Å². The van der Waals surface area contributed by atoms with Crippen LogP contribution in [-0.2, 0) is 11.3 Å². The fourth-order valence-corrected chi connectivity index (χ4v) is 2.33. The molecule has 1 unspecified atom stereocenters. The Labute approximate surface area is 109 Å². The molecular weight excluding hydrogens is 288 g/mol. The molecular formula is C11H13BrN2OS. The first-order valence-corrected chi connectivity index (χ1v) is 6.60. The fourth-order valence-electron chi connectivity index (χ4n) is 1.85. The minimum Gasteiger partial charge on any atom is -0.338 e. The first-order chi connectivity index (χ1) is 7.69. The molecule has 16 heavy (non-hydrogen) atoms. The van der Waals surface area contributed by atoms with Crippen molar-refractivity contribution in [3.8, 4) is 0 Å². The second-order valence-electron chi connectivity index (χ2n) is 4.02. The molecule has 0 aliphatic carbocycles. The number of halogens is 1. The van der Waals surface area contributed by atoms with E-state index in [9.17, 15) is 4.79 Å². The van der Waals surface area contributed by atoms with Gasteiger partial charge in [0, 0.05) is 25.7 Å². The summed E-state index contributed by atoms with van der Waals surface area (Å²) in [5, 5.41) is 0. The Kier molecular flexibility index (Phi) is 3.86. The number of likely N-dealkylation sites (tertiary alicyclic amines) is 1. The van der Waals surface area contributed by atoms with Gasteiger partial charge in [-0.05, 0) is 39.2 Å². The van der Waals surface area contributed by atoms with Gasteiger partial charge in [-0.25, -0.2) is 4.98 Å². The molecule has 0 radical (unpaired) electrons. The van der Waals surface area contributed by atoms with Crippen molar-refractivity contribution in [1.29, 1.82) is 0 Å². The predicted octanol–water partition coefficient (Wildman–Crippen LogP) is 2.12. The summed E-state index contributed by atoms with van der Waals surface area (Å²) in [6, 6.07) is 3.88.